The number of benzene rings is 3. The molecular weight excluding hydrogens is 532 g/mol. The van der Waals surface area contributed by atoms with E-state index in [0.29, 0.717) is 19.8 Å². The average Bonchev–Trinajstić information content (AvgIpc) is 2.93. The number of hydrogen-bond donors (Lipinski definition) is 0. The number of hydrogen-bond acceptors (Lipinski definition) is 6. The number of ether oxygens (including phenoxy) is 6. The summed E-state index contributed by atoms with van der Waals surface area (Å²) in [6.45, 7) is 17.3. The summed E-state index contributed by atoms with van der Waals surface area (Å²) in [5.74, 6) is 2.77. The molecule has 0 bridgehead atoms. The monoisotopic (exact) mass is 580 g/mol. The van der Waals surface area contributed by atoms with Crippen molar-refractivity contribution in [3.63, 3.8) is 0 Å². The average molecular weight is 581 g/mol. The Hall–Kier alpha value is -2.84. The Morgan fingerprint density at radius 1 is 0.488 bits per heavy atom. The van der Waals surface area contributed by atoms with Crippen LogP contribution in [0.2, 0.25) is 6.55 Å². The van der Waals surface area contributed by atoms with Crippen molar-refractivity contribution in [1.29, 1.82) is 0 Å². The van der Waals surface area contributed by atoms with Gasteiger partial charge in [0.2, 0.25) is 0 Å². The van der Waals surface area contributed by atoms with E-state index < -0.39 is 8.07 Å². The topological polar surface area (TPSA) is 55.4 Å². The van der Waals surface area contributed by atoms with E-state index in [4.69, 9.17) is 28.4 Å². The first-order valence-corrected chi connectivity index (χ1v) is 17.8. The first-order chi connectivity index (χ1) is 19.8. The van der Waals surface area contributed by atoms with E-state index in [1.54, 1.807) is 0 Å². The summed E-state index contributed by atoms with van der Waals surface area (Å²) in [6.07, 6.45) is 0. The Kier molecular flexibility index (Phi) is 13.2. The molecule has 0 saturated heterocycles. The molecule has 3 aromatic rings. The molecule has 6 nitrogen and oxygen atoms in total. The zero-order chi connectivity index (χ0) is 29.7. The van der Waals surface area contributed by atoms with Crippen molar-refractivity contribution in [2.24, 2.45) is 0 Å². The maximum absolute atomic E-state index is 6.19. The molecule has 0 radical (unpaired) electrons. The summed E-state index contributed by atoms with van der Waals surface area (Å²) in [6, 6.07) is 22.0. The Morgan fingerprint density at radius 2 is 0.780 bits per heavy atom. The molecule has 7 heteroatoms. The van der Waals surface area contributed by atoms with Crippen LogP contribution < -0.4 is 14.2 Å². The summed E-state index contributed by atoms with van der Waals surface area (Å²) in [7, 11) is -2.14. The zero-order valence-corrected chi connectivity index (χ0v) is 27.0. The lowest BCUT2D eigenvalue weighted by Gasteiger charge is -2.31. The van der Waals surface area contributed by atoms with Gasteiger partial charge in [0.15, 0.2) is 20.4 Å². The second-order valence-electron chi connectivity index (χ2n) is 10.8. The van der Waals surface area contributed by atoms with E-state index in [0.717, 1.165) is 52.1 Å². The minimum atomic E-state index is -2.14. The largest absolute Gasteiger partial charge is 0.467 e. The molecule has 3 rings (SSSR count). The lowest BCUT2D eigenvalue weighted by Crippen LogP contribution is -2.41. The maximum Gasteiger partial charge on any atom is 0.189 e. The van der Waals surface area contributed by atoms with Crippen molar-refractivity contribution in [2.45, 2.75) is 66.2 Å². The van der Waals surface area contributed by atoms with Crippen LogP contribution in [0.15, 0.2) is 54.6 Å². The molecule has 0 aromatic heterocycles. The molecule has 224 valence electrons. The van der Waals surface area contributed by atoms with Gasteiger partial charge in [-0.2, -0.15) is 0 Å². The SMILES string of the molecule is CCOCOc1c(C)cccc1C[Si](C)(Cc1cccc(C)c1OCOCC)Cc1cccc(C)c1OCOCC. The standard InChI is InChI=1S/C34H48O6Si/c1-8-35-23-38-32-26(4)14-11-17-29(32)20-41(7,21-30-18-12-15-27(5)33(30)39-24-36-9-2)22-31-19-13-16-28(6)34(31)40-25-37-10-3/h11-19H,8-10,20-25H2,1-7H3. The van der Waals surface area contributed by atoms with Gasteiger partial charge in [-0.25, -0.2) is 0 Å². The third-order valence-electron chi connectivity index (χ3n) is 7.20. The van der Waals surface area contributed by atoms with Crippen molar-refractivity contribution < 1.29 is 28.4 Å². The third-order valence-corrected chi connectivity index (χ3v) is 10.9. The van der Waals surface area contributed by atoms with E-state index >= 15 is 0 Å². The molecule has 0 saturated carbocycles. The molecule has 0 fully saturated rings. The van der Waals surface area contributed by atoms with Gasteiger partial charge in [0.25, 0.3) is 0 Å². The van der Waals surface area contributed by atoms with Gasteiger partial charge in [0, 0.05) is 19.8 Å². The van der Waals surface area contributed by atoms with Crippen LogP contribution in [0.5, 0.6) is 17.2 Å². The fourth-order valence-corrected chi connectivity index (χ4v) is 9.26. The lowest BCUT2D eigenvalue weighted by molar-refractivity contribution is 0.0214. The molecule has 0 N–H and O–H groups in total. The first kappa shape index (κ1) is 32.7. The van der Waals surface area contributed by atoms with Gasteiger partial charge in [-0.1, -0.05) is 61.1 Å². The normalized spacial score (nSPS) is 11.5. The Morgan fingerprint density at radius 3 is 1.05 bits per heavy atom. The molecule has 0 aliphatic rings. The minimum Gasteiger partial charge on any atom is -0.467 e. The van der Waals surface area contributed by atoms with Crippen LogP contribution in [0.25, 0.3) is 0 Å². The van der Waals surface area contributed by atoms with Crippen LogP contribution in [-0.2, 0) is 32.3 Å². The first-order valence-electron chi connectivity index (χ1n) is 14.7. The van der Waals surface area contributed by atoms with E-state index in [9.17, 15) is 0 Å². The Labute approximate surface area is 247 Å². The molecule has 0 aliphatic heterocycles. The van der Waals surface area contributed by atoms with Crippen LogP contribution in [0.3, 0.4) is 0 Å². The van der Waals surface area contributed by atoms with E-state index in [-0.39, 0.29) is 20.4 Å². The van der Waals surface area contributed by atoms with Crippen molar-refractivity contribution in [2.75, 3.05) is 40.2 Å². The van der Waals surface area contributed by atoms with Crippen molar-refractivity contribution in [3.8, 4) is 17.2 Å². The molecule has 3 aromatic carbocycles. The number of aryl methyl sites for hydroxylation is 3. The molecule has 0 amide bonds. The van der Waals surface area contributed by atoms with Gasteiger partial charge in [0.05, 0.1) is 8.07 Å². The summed E-state index contributed by atoms with van der Waals surface area (Å²) in [5.41, 5.74) is 7.00. The van der Waals surface area contributed by atoms with Gasteiger partial charge in [-0.3, -0.25) is 0 Å². The van der Waals surface area contributed by atoms with Crippen LogP contribution in [0.4, 0.5) is 0 Å². The van der Waals surface area contributed by atoms with Gasteiger partial charge in [0.1, 0.15) is 17.2 Å². The van der Waals surface area contributed by atoms with Crippen LogP contribution in [0.1, 0.15) is 54.2 Å². The van der Waals surface area contributed by atoms with Crippen LogP contribution in [-0.4, -0.2) is 48.3 Å². The Balaban J connectivity index is 2.04. The summed E-state index contributed by atoms with van der Waals surface area (Å²) in [4.78, 5) is 0. The fourth-order valence-electron chi connectivity index (χ4n) is 5.30. The Bertz CT molecular complexity index is 1080. The van der Waals surface area contributed by atoms with Crippen LogP contribution in [0, 0.1) is 20.8 Å². The molecule has 0 heterocycles. The molecule has 0 spiro atoms. The maximum atomic E-state index is 6.19. The van der Waals surface area contributed by atoms with Crippen molar-refractivity contribution in [1.82, 2.24) is 0 Å². The highest BCUT2D eigenvalue weighted by molar-refractivity contribution is 6.77. The lowest BCUT2D eigenvalue weighted by atomic mass is 10.1. The highest BCUT2D eigenvalue weighted by Gasteiger charge is 2.32. The molecule has 0 aliphatic carbocycles. The quantitative estimate of drug-likeness (QED) is 0.0885. The number of rotatable bonds is 18. The van der Waals surface area contributed by atoms with Gasteiger partial charge in [-0.15, -0.1) is 0 Å². The highest BCUT2D eigenvalue weighted by Crippen LogP contribution is 2.35. The fraction of sp³-hybridized carbons (Fsp3) is 0.471. The summed E-state index contributed by atoms with van der Waals surface area (Å²) >= 11 is 0. The summed E-state index contributed by atoms with van der Waals surface area (Å²) in [5, 5.41) is 0. The zero-order valence-electron chi connectivity index (χ0n) is 26.0. The predicted octanol–water partition coefficient (Wildman–Crippen LogP) is 7.45. The highest BCUT2D eigenvalue weighted by atomic mass is 28.3. The molecular formula is C34H48O6Si. The minimum absolute atomic E-state index is 0.243. The van der Waals surface area contributed by atoms with E-state index in [1.807, 2.05) is 20.8 Å². The molecule has 41 heavy (non-hydrogen) atoms. The van der Waals surface area contributed by atoms with E-state index in [2.05, 4.69) is 81.9 Å². The summed E-state index contributed by atoms with van der Waals surface area (Å²) < 4.78 is 35.2. The number of para-hydroxylation sites is 3. The molecule has 0 atom stereocenters. The van der Waals surface area contributed by atoms with Gasteiger partial charge in [-0.05, 0) is 93.1 Å². The van der Waals surface area contributed by atoms with Crippen molar-refractivity contribution >= 4 is 8.07 Å². The van der Waals surface area contributed by atoms with Crippen molar-refractivity contribution in [3.05, 3.63) is 88.0 Å². The second-order valence-corrected chi connectivity index (χ2v) is 15.5. The van der Waals surface area contributed by atoms with Crippen LogP contribution >= 0.6 is 0 Å². The third kappa shape index (κ3) is 9.60. The smallest absolute Gasteiger partial charge is 0.189 e. The predicted molar refractivity (Wildman–Crippen MR) is 168 cm³/mol. The second kappa shape index (κ2) is 16.6. The van der Waals surface area contributed by atoms with E-state index in [1.165, 1.54) is 16.7 Å². The molecule has 0 unspecified atom stereocenters. The van der Waals surface area contributed by atoms with Gasteiger partial charge >= 0.3 is 0 Å². The van der Waals surface area contributed by atoms with Gasteiger partial charge < -0.3 is 28.4 Å².